The number of nitrogens with zero attached hydrogens (tertiary/aromatic N) is 10. The Morgan fingerprint density at radius 2 is 1.68 bits per heavy atom. The molecule has 1 fully saturated rings. The van der Waals surface area contributed by atoms with Crippen LogP contribution in [0.25, 0.3) is 44.3 Å². The maximum Gasteiger partial charge on any atom is 0.276 e. The van der Waals surface area contributed by atoms with Crippen LogP contribution in [0.4, 0.5) is 5.69 Å². The number of anilines is 1. The lowest BCUT2D eigenvalue weighted by atomic mass is 9.98. The van der Waals surface area contributed by atoms with Crippen LogP contribution in [0.3, 0.4) is 0 Å². The molecule has 2 aliphatic rings. The molecule has 1 unspecified atom stereocenters. The van der Waals surface area contributed by atoms with Gasteiger partial charge in [-0.05, 0) is 102 Å². The van der Waals surface area contributed by atoms with Crippen molar-refractivity contribution in [2.75, 3.05) is 44.7 Å². The molecule has 0 N–H and O–H groups in total. The van der Waals surface area contributed by atoms with Crippen molar-refractivity contribution in [1.29, 1.82) is 0 Å². The second kappa shape index (κ2) is 16.2. The molecule has 13 nitrogen and oxygen atoms in total. The van der Waals surface area contributed by atoms with E-state index in [1.807, 2.05) is 85.5 Å². The van der Waals surface area contributed by atoms with Crippen molar-refractivity contribution < 1.29 is 14.3 Å². The highest BCUT2D eigenvalue weighted by molar-refractivity contribution is 6.32. The Balaban J connectivity index is 1.17. The van der Waals surface area contributed by atoms with E-state index >= 15 is 4.79 Å². The van der Waals surface area contributed by atoms with E-state index in [9.17, 15) is 4.79 Å². The molecule has 0 radical (unpaired) electrons. The number of ether oxygens (including phenoxy) is 1. The minimum absolute atomic E-state index is 0.0276. The fraction of sp³-hybridized carbons (Fsp3) is 0.383. The van der Waals surface area contributed by atoms with Crippen LogP contribution in [0.2, 0.25) is 5.02 Å². The molecule has 2 amide bonds. The van der Waals surface area contributed by atoms with Crippen LogP contribution in [-0.2, 0) is 31.9 Å². The van der Waals surface area contributed by atoms with E-state index in [0.717, 1.165) is 90.4 Å². The maximum absolute atomic E-state index is 15.7. The molecule has 0 bridgehead atoms. The molecule has 7 aromatic rings. The van der Waals surface area contributed by atoms with Gasteiger partial charge in [0.1, 0.15) is 29.8 Å². The molecule has 0 saturated carbocycles. The fourth-order valence-corrected chi connectivity index (χ4v) is 9.85. The van der Waals surface area contributed by atoms with Gasteiger partial charge in [0.25, 0.3) is 5.91 Å². The van der Waals surface area contributed by atoms with Gasteiger partial charge >= 0.3 is 0 Å². The van der Waals surface area contributed by atoms with E-state index in [-0.39, 0.29) is 24.4 Å². The van der Waals surface area contributed by atoms with Crippen LogP contribution < -0.4 is 9.64 Å². The molecule has 9 rings (SSSR count). The maximum atomic E-state index is 15.7. The summed E-state index contributed by atoms with van der Waals surface area (Å²) < 4.78 is 14.0. The number of amides is 2. The molecule has 2 atom stereocenters. The molecule has 1 saturated heterocycles. The van der Waals surface area contributed by atoms with Crippen LogP contribution in [0, 0.1) is 27.7 Å². The lowest BCUT2D eigenvalue weighted by Crippen LogP contribution is -2.48. The Morgan fingerprint density at radius 3 is 2.35 bits per heavy atom. The Morgan fingerprint density at radius 1 is 0.935 bits per heavy atom. The van der Waals surface area contributed by atoms with Crippen molar-refractivity contribution in [2.45, 2.75) is 65.5 Å². The Bertz CT molecular complexity index is 2870. The number of rotatable bonds is 10. The second-order valence-electron chi connectivity index (χ2n) is 17.0. The number of likely N-dealkylation sites (N-methyl/N-ethyl adjacent to an activating group) is 1. The first-order chi connectivity index (χ1) is 29.7. The smallest absolute Gasteiger partial charge is 0.276 e. The van der Waals surface area contributed by atoms with Crippen molar-refractivity contribution >= 4 is 62.5 Å². The van der Waals surface area contributed by atoms with Gasteiger partial charge in [-0.25, -0.2) is 4.98 Å². The van der Waals surface area contributed by atoms with E-state index in [1.165, 1.54) is 0 Å². The Hall–Kier alpha value is -5.63. The summed E-state index contributed by atoms with van der Waals surface area (Å²) in [7, 11) is 5.86. The number of piperazine rings is 1. The third kappa shape index (κ3) is 7.13. The van der Waals surface area contributed by atoms with Crippen LogP contribution in [0.5, 0.6) is 5.75 Å². The second-order valence-corrected chi connectivity index (χ2v) is 17.8. The summed E-state index contributed by atoms with van der Waals surface area (Å²) in [4.78, 5) is 40.0. The molecule has 6 heterocycles. The summed E-state index contributed by atoms with van der Waals surface area (Å²) in [5.74, 6) is 1.14. The predicted molar refractivity (Wildman–Crippen MR) is 246 cm³/mol. The number of hydrogen-bond acceptors (Lipinski definition) is 7. The van der Waals surface area contributed by atoms with Gasteiger partial charge in [0, 0.05) is 84.7 Å². The number of aryl methyl sites for hydroxylation is 6. The topological polar surface area (TPSA) is 111 Å². The van der Waals surface area contributed by atoms with Gasteiger partial charge < -0.3 is 23.7 Å². The summed E-state index contributed by atoms with van der Waals surface area (Å²) in [6.07, 6.45) is 4.82. The average molecular weight is 876 g/mol. The fourth-order valence-electron chi connectivity index (χ4n) is 9.44. The molecule has 2 aliphatic heterocycles. The molecular weight excluding hydrogens is 823 g/mol. The lowest BCUT2D eigenvalue weighted by molar-refractivity contribution is -0.133. The van der Waals surface area contributed by atoms with Gasteiger partial charge in [0.15, 0.2) is 5.82 Å². The number of fused-ring (bicyclic) bond motifs is 4. The number of alkyl halides is 1. The van der Waals surface area contributed by atoms with Crippen LogP contribution in [-0.4, -0.2) is 101 Å². The highest BCUT2D eigenvalue weighted by atomic mass is 35.5. The van der Waals surface area contributed by atoms with Gasteiger partial charge in [-0.3, -0.25) is 23.9 Å². The van der Waals surface area contributed by atoms with E-state index in [2.05, 4.69) is 58.6 Å². The van der Waals surface area contributed by atoms with Gasteiger partial charge in [-0.1, -0.05) is 41.4 Å². The Kier molecular flexibility index (Phi) is 10.9. The number of carbonyl (C=O) groups is 2. The molecular formula is C47H52Cl2N10O3. The van der Waals surface area contributed by atoms with Crippen molar-refractivity contribution in [1.82, 2.24) is 43.5 Å². The standard InChI is InChI=1S/C47H52Cl2N10O3/c1-27-21-33(22-28(2)42(27)48)62-20-10-13-35-34-11-9-12-36(41-29(3)51-55(8)30(41)4)43(34)58-31(5)45(49)59(47(61)44(35)58)39-24-57(25-40(60)56-18-16-53(6)17-19-56)38-15-14-32(23-37(38)39)46-50-26-54(7)52-46/h9,11-12,14-15,21-24,26,31,45H,10,13,16-20,25H2,1-8H3/t31?,45-/m0/s1. The molecule has 15 heteroatoms. The largest absolute Gasteiger partial charge is 0.494 e. The minimum atomic E-state index is -0.786. The quantitative estimate of drug-likeness (QED) is 0.0774. The molecule has 0 aliphatic carbocycles. The predicted octanol–water partition coefficient (Wildman–Crippen LogP) is 8.25. The summed E-state index contributed by atoms with van der Waals surface area (Å²) in [5.41, 5.74) is 9.84. The zero-order valence-corrected chi connectivity index (χ0v) is 38.0. The first-order valence-corrected chi connectivity index (χ1v) is 22.0. The lowest BCUT2D eigenvalue weighted by Gasteiger charge is -2.38. The van der Waals surface area contributed by atoms with Gasteiger partial charge in [-0.2, -0.15) is 10.2 Å². The number of carbonyl (C=O) groups excluding carboxylic acids is 2. The van der Waals surface area contributed by atoms with Crippen molar-refractivity contribution in [3.8, 4) is 28.3 Å². The van der Waals surface area contributed by atoms with E-state index in [1.54, 1.807) is 15.9 Å². The summed E-state index contributed by atoms with van der Waals surface area (Å²) in [6, 6.07) is 15.8. The van der Waals surface area contributed by atoms with E-state index in [4.69, 9.17) is 33.0 Å². The minimum Gasteiger partial charge on any atom is -0.494 e. The van der Waals surface area contributed by atoms with Gasteiger partial charge in [0.05, 0.1) is 35.1 Å². The first kappa shape index (κ1) is 41.7. The normalized spacial score (nSPS) is 17.2. The zero-order valence-electron chi connectivity index (χ0n) is 36.5. The summed E-state index contributed by atoms with van der Waals surface area (Å²) in [5, 5.41) is 11.9. The molecule has 3 aromatic carbocycles. The number of hydrogen-bond donors (Lipinski definition) is 0. The van der Waals surface area contributed by atoms with E-state index < -0.39 is 5.50 Å². The van der Waals surface area contributed by atoms with Gasteiger partial charge in [-0.15, -0.1) is 0 Å². The van der Waals surface area contributed by atoms with Crippen molar-refractivity contribution in [3.63, 3.8) is 0 Å². The first-order valence-electron chi connectivity index (χ1n) is 21.2. The van der Waals surface area contributed by atoms with E-state index in [0.29, 0.717) is 49.7 Å². The van der Waals surface area contributed by atoms with Gasteiger partial charge in [0.2, 0.25) is 5.91 Å². The molecule has 322 valence electrons. The van der Waals surface area contributed by atoms with Crippen molar-refractivity contribution in [3.05, 3.63) is 99.8 Å². The molecule has 62 heavy (non-hydrogen) atoms. The van der Waals surface area contributed by atoms with Crippen LogP contribution >= 0.6 is 23.2 Å². The van der Waals surface area contributed by atoms with Crippen LogP contribution in [0.1, 0.15) is 58.0 Å². The molecule has 0 spiro atoms. The highest BCUT2D eigenvalue weighted by Crippen LogP contribution is 2.46. The highest BCUT2D eigenvalue weighted by Gasteiger charge is 2.42. The molecule has 4 aromatic heterocycles. The monoisotopic (exact) mass is 874 g/mol. The average Bonchev–Trinajstić information content (AvgIpc) is 4.00. The zero-order chi connectivity index (χ0) is 43.7. The third-order valence-corrected chi connectivity index (χ3v) is 13.9. The third-order valence-electron chi connectivity index (χ3n) is 12.8. The van der Waals surface area contributed by atoms with Crippen molar-refractivity contribution in [2.24, 2.45) is 14.1 Å². The number of halogens is 2. The Labute approximate surface area is 371 Å². The summed E-state index contributed by atoms with van der Waals surface area (Å²) >= 11 is 14.1. The SMILES string of the molecule is Cc1cc(OCCCc2c3n(c4c(-c5c(C)nn(C)c5C)cccc24)C(C)[C@@H](Cl)N(c2cn(CC(=O)N4CCN(C)CC4)c4ccc(-c5ncn(C)n5)cc24)C3=O)cc(C)c1Cl. The van der Waals surface area contributed by atoms with Crippen LogP contribution in [0.15, 0.2) is 61.1 Å². The number of para-hydroxylation sites is 1. The number of benzene rings is 3. The summed E-state index contributed by atoms with van der Waals surface area (Å²) in [6.45, 7) is 13.7. The number of aromatic nitrogens is 7.